The van der Waals surface area contributed by atoms with Crippen molar-refractivity contribution < 1.29 is 10.1 Å². The lowest BCUT2D eigenvalue weighted by Gasteiger charge is -1.97. The van der Waals surface area contributed by atoms with E-state index < -0.39 is 4.92 Å². The topological polar surface area (TPSA) is 120 Å². The minimum Gasteiger partial charge on any atom is -0.409 e. The van der Waals surface area contributed by atoms with E-state index >= 15 is 0 Å². The predicted molar refractivity (Wildman–Crippen MR) is 46.9 cm³/mol. The van der Waals surface area contributed by atoms with Gasteiger partial charge >= 0.3 is 5.82 Å². The van der Waals surface area contributed by atoms with Crippen LogP contribution >= 0.6 is 0 Å². The fourth-order valence-corrected chi connectivity index (χ4v) is 0.859. The highest BCUT2D eigenvalue weighted by molar-refractivity contribution is 5.79. The zero-order chi connectivity index (χ0) is 10.6. The van der Waals surface area contributed by atoms with Crippen molar-refractivity contribution >= 4 is 11.7 Å². The number of hydrogen-bond donors (Lipinski definition) is 2. The number of imidazole rings is 1. The lowest BCUT2D eigenvalue weighted by molar-refractivity contribution is -0.389. The fraction of sp³-hybridized carbons (Fsp3) is 0.333. The molecule has 0 aliphatic carbocycles. The van der Waals surface area contributed by atoms with Gasteiger partial charge in [-0.15, -0.1) is 0 Å². The van der Waals surface area contributed by atoms with Gasteiger partial charge in [-0.1, -0.05) is 5.16 Å². The number of nitrogens with zero attached hydrogens (tertiary/aromatic N) is 4. The second-order valence-electron chi connectivity index (χ2n) is 2.57. The lowest BCUT2D eigenvalue weighted by atomic mass is 10.4. The van der Waals surface area contributed by atoms with E-state index in [0.717, 1.165) is 0 Å². The van der Waals surface area contributed by atoms with Crippen molar-refractivity contribution in [2.24, 2.45) is 10.9 Å². The van der Waals surface area contributed by atoms with Gasteiger partial charge in [-0.25, -0.2) is 0 Å². The summed E-state index contributed by atoms with van der Waals surface area (Å²) < 4.78 is 1.50. The summed E-state index contributed by atoms with van der Waals surface area (Å²) in [4.78, 5) is 13.2. The standard InChI is InChI=1S/C6H9N5O3/c7-5(9-12)1-2-10-3-6(8-4-10)11(13)14/h3-4,12H,1-2H2,(H2,7,9). The summed E-state index contributed by atoms with van der Waals surface area (Å²) >= 11 is 0. The Morgan fingerprint density at radius 3 is 3.07 bits per heavy atom. The number of hydrogen-bond acceptors (Lipinski definition) is 5. The van der Waals surface area contributed by atoms with Gasteiger partial charge in [0.2, 0.25) is 6.33 Å². The van der Waals surface area contributed by atoms with Crippen LogP contribution in [0.2, 0.25) is 0 Å². The van der Waals surface area contributed by atoms with Crippen LogP contribution in [0.4, 0.5) is 5.82 Å². The van der Waals surface area contributed by atoms with E-state index in [9.17, 15) is 10.1 Å². The van der Waals surface area contributed by atoms with Gasteiger partial charge in [0.05, 0.1) is 0 Å². The number of aryl methyl sites for hydroxylation is 1. The molecule has 1 heterocycles. The Morgan fingerprint density at radius 2 is 2.57 bits per heavy atom. The molecule has 0 aliphatic rings. The van der Waals surface area contributed by atoms with Crippen LogP contribution in [0.3, 0.4) is 0 Å². The molecule has 0 saturated heterocycles. The maximum Gasteiger partial charge on any atom is 0.381 e. The SMILES string of the molecule is NC(CCn1cnc([N+](=O)[O-])c1)=NO. The Kier molecular flexibility index (Phi) is 3.00. The molecule has 76 valence electrons. The van der Waals surface area contributed by atoms with Crippen molar-refractivity contribution in [1.82, 2.24) is 9.55 Å². The third kappa shape index (κ3) is 2.44. The normalized spacial score (nSPS) is 11.6. The largest absolute Gasteiger partial charge is 0.409 e. The Bertz CT molecular complexity index is 358. The van der Waals surface area contributed by atoms with E-state index in [2.05, 4.69) is 10.1 Å². The summed E-state index contributed by atoms with van der Waals surface area (Å²) in [5.41, 5.74) is 5.22. The molecular formula is C6H9N5O3. The predicted octanol–water partition coefficient (Wildman–Crippen LogP) is -0.0722. The minimum absolute atomic E-state index is 0.0707. The molecule has 1 aromatic heterocycles. The molecule has 8 heteroatoms. The molecule has 1 rings (SSSR count). The second kappa shape index (κ2) is 4.21. The van der Waals surface area contributed by atoms with E-state index in [-0.39, 0.29) is 11.7 Å². The third-order valence-corrected chi connectivity index (χ3v) is 1.56. The first kappa shape index (κ1) is 9.96. The van der Waals surface area contributed by atoms with Crippen LogP contribution in [0.25, 0.3) is 0 Å². The monoisotopic (exact) mass is 199 g/mol. The van der Waals surface area contributed by atoms with Crippen molar-refractivity contribution in [3.05, 3.63) is 22.6 Å². The van der Waals surface area contributed by atoms with Gasteiger partial charge in [0.25, 0.3) is 0 Å². The van der Waals surface area contributed by atoms with Gasteiger partial charge in [0.1, 0.15) is 12.0 Å². The van der Waals surface area contributed by atoms with Gasteiger partial charge in [-0.3, -0.25) is 0 Å². The highest BCUT2D eigenvalue weighted by atomic mass is 16.6. The molecule has 14 heavy (non-hydrogen) atoms. The van der Waals surface area contributed by atoms with Crippen LogP contribution in [0.5, 0.6) is 0 Å². The molecule has 0 spiro atoms. The van der Waals surface area contributed by atoms with Crippen LogP contribution in [0, 0.1) is 10.1 Å². The Hall–Kier alpha value is -2.12. The molecule has 0 unspecified atom stereocenters. The lowest BCUT2D eigenvalue weighted by Crippen LogP contribution is -2.14. The molecule has 0 aromatic carbocycles. The first-order valence-corrected chi connectivity index (χ1v) is 3.76. The molecule has 0 amide bonds. The fourth-order valence-electron chi connectivity index (χ4n) is 0.859. The molecular weight excluding hydrogens is 190 g/mol. The molecule has 0 atom stereocenters. The van der Waals surface area contributed by atoms with E-state index in [1.807, 2.05) is 0 Å². The average molecular weight is 199 g/mol. The highest BCUT2D eigenvalue weighted by Crippen LogP contribution is 2.05. The van der Waals surface area contributed by atoms with Gasteiger partial charge in [0, 0.05) is 13.0 Å². The molecule has 0 bridgehead atoms. The molecule has 0 aliphatic heterocycles. The smallest absolute Gasteiger partial charge is 0.381 e. The van der Waals surface area contributed by atoms with Gasteiger partial charge in [-0.05, 0) is 9.91 Å². The highest BCUT2D eigenvalue weighted by Gasteiger charge is 2.09. The maximum absolute atomic E-state index is 10.2. The van der Waals surface area contributed by atoms with Crippen molar-refractivity contribution in [1.29, 1.82) is 0 Å². The number of nitro groups is 1. The van der Waals surface area contributed by atoms with E-state index in [4.69, 9.17) is 10.9 Å². The van der Waals surface area contributed by atoms with Crippen molar-refractivity contribution in [3.8, 4) is 0 Å². The van der Waals surface area contributed by atoms with Crippen LogP contribution in [-0.2, 0) is 6.54 Å². The Balaban J connectivity index is 2.56. The number of nitrogens with two attached hydrogens (primary N) is 1. The summed E-state index contributed by atoms with van der Waals surface area (Å²) in [6.07, 6.45) is 2.91. The van der Waals surface area contributed by atoms with Crippen LogP contribution in [0.15, 0.2) is 17.7 Å². The quantitative estimate of drug-likeness (QED) is 0.231. The molecule has 3 N–H and O–H groups in total. The van der Waals surface area contributed by atoms with Gasteiger partial charge in [-0.2, -0.15) is 0 Å². The summed E-state index contributed by atoms with van der Waals surface area (Å²) in [7, 11) is 0. The first-order valence-electron chi connectivity index (χ1n) is 3.76. The average Bonchev–Trinajstić information content (AvgIpc) is 2.62. The van der Waals surface area contributed by atoms with Crippen molar-refractivity contribution in [2.45, 2.75) is 13.0 Å². The summed E-state index contributed by atoms with van der Waals surface area (Å²) in [6.45, 7) is 0.386. The summed E-state index contributed by atoms with van der Waals surface area (Å²) in [6, 6.07) is 0. The van der Waals surface area contributed by atoms with Gasteiger partial charge in [0.15, 0.2) is 0 Å². The number of amidine groups is 1. The Morgan fingerprint density at radius 1 is 1.86 bits per heavy atom. The molecule has 0 fully saturated rings. The summed E-state index contributed by atoms with van der Waals surface area (Å²) in [5, 5.41) is 21.3. The van der Waals surface area contributed by atoms with E-state index in [1.165, 1.54) is 17.1 Å². The number of aromatic nitrogens is 2. The van der Waals surface area contributed by atoms with Crippen molar-refractivity contribution in [3.63, 3.8) is 0 Å². The maximum atomic E-state index is 10.2. The zero-order valence-electron chi connectivity index (χ0n) is 7.20. The van der Waals surface area contributed by atoms with Crippen LogP contribution in [-0.4, -0.2) is 25.5 Å². The first-order chi connectivity index (χ1) is 6.63. The Labute approximate surface area is 78.8 Å². The third-order valence-electron chi connectivity index (χ3n) is 1.56. The van der Waals surface area contributed by atoms with Crippen LogP contribution < -0.4 is 5.73 Å². The molecule has 0 radical (unpaired) electrons. The minimum atomic E-state index is -0.583. The van der Waals surface area contributed by atoms with E-state index in [0.29, 0.717) is 13.0 Å². The summed E-state index contributed by atoms with van der Waals surface area (Å²) in [5.74, 6) is -0.147. The van der Waals surface area contributed by atoms with Crippen molar-refractivity contribution in [2.75, 3.05) is 0 Å². The number of oxime groups is 1. The van der Waals surface area contributed by atoms with E-state index in [1.54, 1.807) is 0 Å². The number of rotatable bonds is 4. The molecule has 1 aromatic rings. The molecule has 8 nitrogen and oxygen atoms in total. The molecule has 0 saturated carbocycles. The van der Waals surface area contributed by atoms with Gasteiger partial charge < -0.3 is 25.6 Å². The second-order valence-corrected chi connectivity index (χ2v) is 2.57. The van der Waals surface area contributed by atoms with Crippen LogP contribution in [0.1, 0.15) is 6.42 Å². The zero-order valence-corrected chi connectivity index (χ0v) is 7.20.